The third kappa shape index (κ3) is 3.12. The predicted molar refractivity (Wildman–Crippen MR) is 62.7 cm³/mol. The maximum atomic E-state index is 12.3. The number of hydrogen-bond donors (Lipinski definition) is 1. The van der Waals surface area contributed by atoms with Gasteiger partial charge in [0.2, 0.25) is 5.88 Å². The Morgan fingerprint density at radius 2 is 1.84 bits per heavy atom. The van der Waals surface area contributed by atoms with Crippen molar-refractivity contribution in [2.45, 2.75) is 13.1 Å². The minimum Gasteiger partial charge on any atom is -0.435 e. The van der Waals surface area contributed by atoms with E-state index in [2.05, 4.69) is 10.2 Å². The summed E-state index contributed by atoms with van der Waals surface area (Å²) in [4.78, 5) is 0. The molecule has 0 atom stereocenters. The summed E-state index contributed by atoms with van der Waals surface area (Å²) < 4.78 is 42.2. The van der Waals surface area contributed by atoms with Gasteiger partial charge in [-0.15, -0.1) is 10.2 Å². The van der Waals surface area contributed by atoms with Crippen LogP contribution in [0, 0.1) is 6.92 Å². The minimum atomic E-state index is -4.52. The molecule has 7 heteroatoms. The lowest BCUT2D eigenvalue weighted by Crippen LogP contribution is -2.09. The number of nitrogens with zero attached hydrogens (tertiary/aromatic N) is 2. The molecule has 2 aromatic rings. The van der Waals surface area contributed by atoms with Crippen LogP contribution in [-0.2, 0) is 6.18 Å². The van der Waals surface area contributed by atoms with Crippen molar-refractivity contribution in [1.29, 1.82) is 0 Å². The Morgan fingerprint density at radius 3 is 2.42 bits per heavy atom. The van der Waals surface area contributed by atoms with Gasteiger partial charge >= 0.3 is 6.18 Å². The van der Waals surface area contributed by atoms with E-state index in [9.17, 15) is 13.2 Å². The van der Waals surface area contributed by atoms with Crippen molar-refractivity contribution in [3.63, 3.8) is 0 Å². The molecule has 0 bridgehead atoms. The van der Waals surface area contributed by atoms with Crippen LogP contribution in [0.3, 0.4) is 0 Å². The predicted octanol–water partition coefficient (Wildman–Crippen LogP) is 3.18. The summed E-state index contributed by atoms with van der Waals surface area (Å²) >= 11 is 0. The van der Waals surface area contributed by atoms with E-state index < -0.39 is 11.9 Å². The van der Waals surface area contributed by atoms with E-state index >= 15 is 0 Å². The second kappa shape index (κ2) is 4.75. The maximum Gasteiger partial charge on any atom is 0.435 e. The molecule has 2 N–H and O–H groups in total. The number of aromatic nitrogens is 2. The van der Waals surface area contributed by atoms with Gasteiger partial charge in [-0.05, 0) is 30.7 Å². The number of alkyl halides is 3. The van der Waals surface area contributed by atoms with Crippen molar-refractivity contribution in [3.8, 4) is 11.6 Å². The molecular formula is C12H10F3N3O. The zero-order valence-electron chi connectivity index (χ0n) is 9.90. The second-order valence-electron chi connectivity index (χ2n) is 3.90. The van der Waals surface area contributed by atoms with E-state index in [1.54, 1.807) is 18.2 Å². The Morgan fingerprint density at radius 1 is 1.11 bits per heavy atom. The summed E-state index contributed by atoms with van der Waals surface area (Å²) in [6.45, 7) is 1.84. The van der Waals surface area contributed by atoms with E-state index in [0.29, 0.717) is 11.4 Å². The van der Waals surface area contributed by atoms with Gasteiger partial charge in [0, 0.05) is 6.07 Å². The first-order chi connectivity index (χ1) is 8.86. The zero-order chi connectivity index (χ0) is 14.0. The topological polar surface area (TPSA) is 61.0 Å². The number of nitrogens with two attached hydrogens (primary N) is 1. The molecule has 100 valence electrons. The monoisotopic (exact) mass is 269 g/mol. The van der Waals surface area contributed by atoms with E-state index in [1.165, 1.54) is 0 Å². The lowest BCUT2D eigenvalue weighted by molar-refractivity contribution is -0.141. The first kappa shape index (κ1) is 13.1. The normalized spacial score (nSPS) is 11.4. The van der Waals surface area contributed by atoms with Crippen molar-refractivity contribution in [2.75, 3.05) is 5.73 Å². The molecule has 0 aliphatic rings. The van der Waals surface area contributed by atoms with E-state index in [1.807, 2.05) is 6.92 Å². The summed E-state index contributed by atoms with van der Waals surface area (Å²) in [5.74, 6) is 0.277. The fraction of sp³-hybridized carbons (Fsp3) is 0.167. The van der Waals surface area contributed by atoms with Gasteiger partial charge in [-0.25, -0.2) is 0 Å². The van der Waals surface area contributed by atoms with E-state index in [-0.39, 0.29) is 5.88 Å². The van der Waals surface area contributed by atoms with Crippen molar-refractivity contribution in [1.82, 2.24) is 10.2 Å². The molecule has 1 aromatic heterocycles. The molecule has 0 aliphatic carbocycles. The quantitative estimate of drug-likeness (QED) is 0.850. The van der Waals surface area contributed by atoms with Gasteiger partial charge < -0.3 is 10.5 Å². The lowest BCUT2D eigenvalue weighted by Gasteiger charge is -2.09. The Balaban J connectivity index is 2.22. The summed E-state index contributed by atoms with van der Waals surface area (Å²) in [5.41, 5.74) is 5.89. The Hall–Kier alpha value is -2.31. The second-order valence-corrected chi connectivity index (χ2v) is 3.90. The SMILES string of the molecule is Cc1ccc(N)c(Oc2ccc(C(F)(F)F)nn2)c1. The third-order valence-electron chi connectivity index (χ3n) is 2.31. The maximum absolute atomic E-state index is 12.3. The van der Waals surface area contributed by atoms with Crippen molar-refractivity contribution >= 4 is 5.69 Å². The molecular weight excluding hydrogens is 259 g/mol. The summed E-state index contributed by atoms with van der Waals surface area (Å²) in [6.07, 6.45) is -4.52. The van der Waals surface area contributed by atoms with Crippen LogP contribution in [0.5, 0.6) is 11.6 Å². The molecule has 2 rings (SSSR count). The molecule has 0 fully saturated rings. The van der Waals surface area contributed by atoms with Crippen LogP contribution in [0.2, 0.25) is 0 Å². The summed E-state index contributed by atoms with van der Waals surface area (Å²) in [7, 11) is 0. The standard InChI is InChI=1S/C12H10F3N3O/c1-7-2-3-8(16)9(6-7)19-11-5-4-10(17-18-11)12(13,14)15/h2-6H,16H2,1H3. The van der Waals surface area contributed by atoms with Gasteiger partial charge in [0.05, 0.1) is 5.69 Å². The number of ether oxygens (including phenoxy) is 1. The highest BCUT2D eigenvalue weighted by Crippen LogP contribution is 2.30. The number of benzene rings is 1. The highest BCUT2D eigenvalue weighted by Gasteiger charge is 2.32. The van der Waals surface area contributed by atoms with Crippen LogP contribution in [0.1, 0.15) is 11.3 Å². The van der Waals surface area contributed by atoms with Gasteiger partial charge in [-0.1, -0.05) is 6.07 Å². The molecule has 0 unspecified atom stereocenters. The largest absolute Gasteiger partial charge is 0.435 e. The van der Waals surface area contributed by atoms with Gasteiger partial charge in [-0.3, -0.25) is 0 Å². The number of nitrogen functional groups attached to an aromatic ring is 1. The Labute approximate surface area is 107 Å². The van der Waals surface area contributed by atoms with Crippen molar-refractivity contribution in [2.24, 2.45) is 0 Å². The molecule has 19 heavy (non-hydrogen) atoms. The first-order valence-corrected chi connectivity index (χ1v) is 5.31. The summed E-state index contributed by atoms with van der Waals surface area (Å²) in [6, 6.07) is 6.99. The van der Waals surface area contributed by atoms with Crippen LogP contribution in [0.15, 0.2) is 30.3 Å². The number of hydrogen-bond acceptors (Lipinski definition) is 4. The molecule has 0 saturated carbocycles. The van der Waals surface area contributed by atoms with Crippen LogP contribution in [-0.4, -0.2) is 10.2 Å². The number of rotatable bonds is 2. The minimum absolute atomic E-state index is 0.0506. The van der Waals surface area contributed by atoms with E-state index in [0.717, 1.165) is 17.7 Å². The van der Waals surface area contributed by atoms with Crippen LogP contribution >= 0.6 is 0 Å². The molecule has 0 aliphatic heterocycles. The average Bonchev–Trinajstić information content (AvgIpc) is 2.33. The third-order valence-corrected chi connectivity index (χ3v) is 2.31. The van der Waals surface area contributed by atoms with Gasteiger partial charge in [0.15, 0.2) is 11.4 Å². The fourth-order valence-electron chi connectivity index (χ4n) is 1.37. The van der Waals surface area contributed by atoms with Crippen molar-refractivity contribution < 1.29 is 17.9 Å². The summed E-state index contributed by atoms with van der Waals surface area (Å²) in [5, 5.41) is 6.42. The number of aryl methyl sites for hydroxylation is 1. The Kier molecular flexibility index (Phi) is 3.28. The molecule has 4 nitrogen and oxygen atoms in total. The Bertz CT molecular complexity index is 582. The zero-order valence-corrected chi connectivity index (χ0v) is 9.90. The molecule has 0 radical (unpaired) electrons. The fourth-order valence-corrected chi connectivity index (χ4v) is 1.37. The van der Waals surface area contributed by atoms with Crippen molar-refractivity contribution in [3.05, 3.63) is 41.6 Å². The van der Waals surface area contributed by atoms with Crippen LogP contribution < -0.4 is 10.5 Å². The smallest absolute Gasteiger partial charge is 0.435 e. The molecule has 1 aromatic carbocycles. The van der Waals surface area contributed by atoms with Crippen LogP contribution in [0.4, 0.5) is 18.9 Å². The number of halogens is 3. The lowest BCUT2D eigenvalue weighted by atomic mass is 10.2. The molecule has 0 amide bonds. The molecule has 1 heterocycles. The van der Waals surface area contributed by atoms with Gasteiger partial charge in [-0.2, -0.15) is 13.2 Å². The molecule has 0 saturated heterocycles. The van der Waals surface area contributed by atoms with Gasteiger partial charge in [0.1, 0.15) is 0 Å². The highest BCUT2D eigenvalue weighted by molar-refractivity contribution is 5.54. The van der Waals surface area contributed by atoms with Crippen LogP contribution in [0.25, 0.3) is 0 Å². The number of anilines is 1. The highest BCUT2D eigenvalue weighted by atomic mass is 19.4. The molecule has 0 spiro atoms. The van der Waals surface area contributed by atoms with Gasteiger partial charge in [0.25, 0.3) is 0 Å². The first-order valence-electron chi connectivity index (χ1n) is 5.31. The van der Waals surface area contributed by atoms with E-state index in [4.69, 9.17) is 10.5 Å². The average molecular weight is 269 g/mol.